The van der Waals surface area contributed by atoms with Gasteiger partial charge < -0.3 is 19.8 Å². The van der Waals surface area contributed by atoms with Gasteiger partial charge in [0.1, 0.15) is 5.75 Å². The van der Waals surface area contributed by atoms with Crippen molar-refractivity contribution in [2.45, 2.75) is 39.3 Å². The number of methoxy groups -OCH3 is 1. The molecule has 2 N–H and O–H groups in total. The number of benzene rings is 1. The summed E-state index contributed by atoms with van der Waals surface area (Å²) in [5.41, 5.74) is 7.91. The Hall–Kier alpha value is -1.75. The average molecular weight is 277 g/mol. The summed E-state index contributed by atoms with van der Waals surface area (Å²) in [7, 11) is 1.65. The molecule has 0 amide bonds. The number of hydrogen-bond donors (Lipinski definition) is 1. The molecule has 0 bridgehead atoms. The van der Waals surface area contributed by atoms with Crippen LogP contribution in [0.4, 0.5) is 5.95 Å². The fourth-order valence-electron chi connectivity index (χ4n) is 2.18. The van der Waals surface area contributed by atoms with E-state index in [2.05, 4.69) is 18.8 Å². The maximum absolute atomic E-state index is 5.99. The van der Waals surface area contributed by atoms with Crippen LogP contribution in [0.25, 0.3) is 11.0 Å². The number of aryl methyl sites for hydroxylation is 1. The lowest BCUT2D eigenvalue weighted by atomic mass is 10.2. The molecule has 20 heavy (non-hydrogen) atoms. The molecule has 0 fully saturated rings. The number of rotatable bonds is 7. The topological polar surface area (TPSA) is 62.3 Å². The van der Waals surface area contributed by atoms with Gasteiger partial charge >= 0.3 is 0 Å². The van der Waals surface area contributed by atoms with Gasteiger partial charge in [-0.2, -0.15) is 0 Å². The Balaban J connectivity index is 2.01. The minimum atomic E-state index is 0.293. The van der Waals surface area contributed by atoms with Crippen LogP contribution in [-0.4, -0.2) is 29.4 Å². The van der Waals surface area contributed by atoms with Crippen LogP contribution in [0, 0.1) is 0 Å². The van der Waals surface area contributed by atoms with Crippen molar-refractivity contribution in [2.24, 2.45) is 0 Å². The highest BCUT2D eigenvalue weighted by Crippen LogP contribution is 2.23. The molecule has 5 heteroatoms. The molecule has 1 aromatic heterocycles. The van der Waals surface area contributed by atoms with E-state index in [9.17, 15) is 0 Å². The molecule has 110 valence electrons. The van der Waals surface area contributed by atoms with Gasteiger partial charge in [0.25, 0.3) is 0 Å². The Kier molecular flexibility index (Phi) is 4.84. The number of nitrogen functional groups attached to an aromatic ring is 1. The summed E-state index contributed by atoms with van der Waals surface area (Å²) in [6.45, 7) is 5.75. The lowest BCUT2D eigenvalue weighted by Crippen LogP contribution is -2.07. The first-order chi connectivity index (χ1) is 9.61. The van der Waals surface area contributed by atoms with Gasteiger partial charge in [0.2, 0.25) is 5.95 Å². The number of nitrogens with zero attached hydrogens (tertiary/aromatic N) is 2. The summed E-state index contributed by atoms with van der Waals surface area (Å²) in [5.74, 6) is 1.35. The van der Waals surface area contributed by atoms with Crippen LogP contribution in [0.2, 0.25) is 0 Å². The van der Waals surface area contributed by atoms with Gasteiger partial charge in [-0.25, -0.2) is 4.98 Å². The van der Waals surface area contributed by atoms with Gasteiger partial charge in [-0.05, 0) is 38.8 Å². The lowest BCUT2D eigenvalue weighted by molar-refractivity contribution is 0.0755. The third kappa shape index (κ3) is 3.42. The Morgan fingerprint density at radius 1 is 1.30 bits per heavy atom. The van der Waals surface area contributed by atoms with Crippen LogP contribution in [0.3, 0.4) is 0 Å². The van der Waals surface area contributed by atoms with Gasteiger partial charge in [0, 0.05) is 19.2 Å². The van der Waals surface area contributed by atoms with Gasteiger partial charge in [0.15, 0.2) is 0 Å². The molecule has 0 aliphatic carbocycles. The quantitative estimate of drug-likeness (QED) is 0.790. The van der Waals surface area contributed by atoms with Crippen LogP contribution in [-0.2, 0) is 11.3 Å². The lowest BCUT2D eigenvalue weighted by Gasteiger charge is -2.09. The second kappa shape index (κ2) is 6.61. The first kappa shape index (κ1) is 14.7. The van der Waals surface area contributed by atoms with Crippen LogP contribution < -0.4 is 10.5 Å². The highest BCUT2D eigenvalue weighted by molar-refractivity contribution is 5.79. The molecule has 0 aliphatic rings. The normalized spacial score (nSPS) is 11.4. The summed E-state index contributed by atoms with van der Waals surface area (Å²) >= 11 is 0. The number of unbranched alkanes of at least 4 members (excludes halogenated alkanes) is 1. The molecular weight excluding hydrogens is 254 g/mol. The maximum Gasteiger partial charge on any atom is 0.201 e. The van der Waals surface area contributed by atoms with E-state index in [4.69, 9.17) is 15.2 Å². The zero-order valence-corrected chi connectivity index (χ0v) is 12.4. The highest BCUT2D eigenvalue weighted by Gasteiger charge is 2.08. The van der Waals surface area contributed by atoms with Crippen molar-refractivity contribution < 1.29 is 9.47 Å². The molecule has 0 spiro atoms. The molecule has 2 rings (SSSR count). The molecule has 0 aliphatic heterocycles. The zero-order valence-electron chi connectivity index (χ0n) is 12.4. The van der Waals surface area contributed by atoms with E-state index in [0.717, 1.165) is 42.8 Å². The smallest absolute Gasteiger partial charge is 0.201 e. The number of imidazole rings is 1. The van der Waals surface area contributed by atoms with Crippen LogP contribution in [0.5, 0.6) is 5.75 Å². The van der Waals surface area contributed by atoms with Gasteiger partial charge in [0.05, 0.1) is 24.2 Å². The number of ether oxygens (including phenoxy) is 2. The van der Waals surface area contributed by atoms with E-state index in [0.29, 0.717) is 12.1 Å². The summed E-state index contributed by atoms with van der Waals surface area (Å²) in [5, 5.41) is 0. The zero-order chi connectivity index (χ0) is 14.5. The van der Waals surface area contributed by atoms with E-state index in [1.807, 2.05) is 22.8 Å². The third-order valence-corrected chi connectivity index (χ3v) is 3.21. The van der Waals surface area contributed by atoms with E-state index >= 15 is 0 Å². The number of anilines is 1. The average Bonchev–Trinajstić information content (AvgIpc) is 2.73. The SMILES string of the molecule is COc1ccc2c(c1)nc(N)n2CCCCOC(C)C. The summed E-state index contributed by atoms with van der Waals surface area (Å²) in [6.07, 6.45) is 2.34. The monoisotopic (exact) mass is 277 g/mol. The molecule has 0 unspecified atom stereocenters. The van der Waals surface area contributed by atoms with Crippen molar-refractivity contribution in [1.29, 1.82) is 0 Å². The van der Waals surface area contributed by atoms with Crippen molar-refractivity contribution in [3.63, 3.8) is 0 Å². The van der Waals surface area contributed by atoms with Crippen LogP contribution >= 0.6 is 0 Å². The Morgan fingerprint density at radius 2 is 2.10 bits per heavy atom. The summed E-state index contributed by atoms with van der Waals surface area (Å²) < 4.78 is 12.8. The highest BCUT2D eigenvalue weighted by atomic mass is 16.5. The summed E-state index contributed by atoms with van der Waals surface area (Å²) in [6, 6.07) is 5.84. The molecule has 5 nitrogen and oxygen atoms in total. The molecule has 1 heterocycles. The van der Waals surface area contributed by atoms with E-state index < -0.39 is 0 Å². The maximum atomic E-state index is 5.99. The van der Waals surface area contributed by atoms with Gasteiger partial charge in [-0.3, -0.25) is 0 Å². The molecule has 1 aromatic carbocycles. The third-order valence-electron chi connectivity index (χ3n) is 3.21. The van der Waals surface area contributed by atoms with Crippen molar-refractivity contribution >= 4 is 17.0 Å². The van der Waals surface area contributed by atoms with Crippen LogP contribution in [0.15, 0.2) is 18.2 Å². The number of aromatic nitrogens is 2. The van der Waals surface area contributed by atoms with E-state index in [1.165, 1.54) is 0 Å². The molecule has 0 atom stereocenters. The second-order valence-corrected chi connectivity index (χ2v) is 5.10. The fraction of sp³-hybridized carbons (Fsp3) is 0.533. The Morgan fingerprint density at radius 3 is 2.80 bits per heavy atom. The minimum absolute atomic E-state index is 0.293. The van der Waals surface area contributed by atoms with Crippen molar-refractivity contribution in [3.05, 3.63) is 18.2 Å². The second-order valence-electron chi connectivity index (χ2n) is 5.10. The predicted molar refractivity (Wildman–Crippen MR) is 81.0 cm³/mol. The summed E-state index contributed by atoms with van der Waals surface area (Å²) in [4.78, 5) is 4.38. The van der Waals surface area contributed by atoms with Crippen molar-refractivity contribution in [3.8, 4) is 5.75 Å². The number of nitrogens with two attached hydrogens (primary N) is 1. The standard InChI is InChI=1S/C15H23N3O2/c1-11(2)20-9-5-4-8-18-14-7-6-12(19-3)10-13(14)17-15(18)16/h6-7,10-11H,4-5,8-9H2,1-3H3,(H2,16,17). The van der Waals surface area contributed by atoms with Crippen molar-refractivity contribution in [1.82, 2.24) is 9.55 Å². The Bertz CT molecular complexity index is 563. The number of fused-ring (bicyclic) bond motifs is 1. The molecule has 0 saturated heterocycles. The van der Waals surface area contributed by atoms with Gasteiger partial charge in [-0.15, -0.1) is 0 Å². The predicted octanol–water partition coefficient (Wildman–Crippen LogP) is 2.83. The molecule has 0 radical (unpaired) electrons. The molecule has 2 aromatic rings. The molecule has 0 saturated carbocycles. The number of hydrogen-bond acceptors (Lipinski definition) is 4. The first-order valence-electron chi connectivity index (χ1n) is 7.03. The van der Waals surface area contributed by atoms with Gasteiger partial charge in [-0.1, -0.05) is 0 Å². The van der Waals surface area contributed by atoms with Crippen molar-refractivity contribution in [2.75, 3.05) is 19.5 Å². The first-order valence-corrected chi connectivity index (χ1v) is 7.03. The Labute approximate surface area is 119 Å². The van der Waals surface area contributed by atoms with E-state index in [1.54, 1.807) is 7.11 Å². The molecular formula is C15H23N3O2. The fourth-order valence-corrected chi connectivity index (χ4v) is 2.18. The minimum Gasteiger partial charge on any atom is -0.497 e. The largest absolute Gasteiger partial charge is 0.497 e. The van der Waals surface area contributed by atoms with Crippen LogP contribution in [0.1, 0.15) is 26.7 Å². The van der Waals surface area contributed by atoms with E-state index in [-0.39, 0.29) is 0 Å².